The molecule has 0 N–H and O–H groups in total. The minimum atomic E-state index is 0.810. The molecule has 1 saturated heterocycles. The maximum absolute atomic E-state index is 3.53. The number of rotatable bonds is 5. The zero-order valence-electron chi connectivity index (χ0n) is 8.93. The van der Waals surface area contributed by atoms with E-state index >= 15 is 0 Å². The van der Waals surface area contributed by atoms with Gasteiger partial charge in [0.2, 0.25) is 0 Å². The van der Waals surface area contributed by atoms with E-state index in [9.17, 15) is 0 Å². The van der Waals surface area contributed by atoms with Crippen molar-refractivity contribution in [3.05, 3.63) is 0 Å². The number of alkyl halides is 1. The Morgan fingerprint density at radius 3 is 2.92 bits per heavy atom. The molecule has 1 nitrogen and oxygen atoms in total. The SMILES string of the molecule is CCCC(C)N1CCC(CCBr)C1. The van der Waals surface area contributed by atoms with E-state index < -0.39 is 0 Å². The Labute approximate surface area is 91.0 Å². The molecule has 2 heteroatoms. The van der Waals surface area contributed by atoms with Gasteiger partial charge in [-0.2, -0.15) is 0 Å². The minimum absolute atomic E-state index is 0.810. The summed E-state index contributed by atoms with van der Waals surface area (Å²) in [6.45, 7) is 7.33. The van der Waals surface area contributed by atoms with Gasteiger partial charge in [0.05, 0.1) is 0 Å². The quantitative estimate of drug-likeness (QED) is 0.675. The van der Waals surface area contributed by atoms with Crippen LogP contribution in [-0.2, 0) is 0 Å². The molecule has 13 heavy (non-hydrogen) atoms. The largest absolute Gasteiger partial charge is 0.300 e. The first kappa shape index (κ1) is 11.5. The van der Waals surface area contributed by atoms with E-state index in [4.69, 9.17) is 0 Å². The van der Waals surface area contributed by atoms with Gasteiger partial charge in [0.15, 0.2) is 0 Å². The van der Waals surface area contributed by atoms with E-state index in [0.29, 0.717) is 0 Å². The first-order chi connectivity index (χ1) is 6.27. The number of hydrogen-bond donors (Lipinski definition) is 0. The van der Waals surface area contributed by atoms with Crippen LogP contribution in [0.5, 0.6) is 0 Å². The van der Waals surface area contributed by atoms with Crippen LogP contribution in [0.4, 0.5) is 0 Å². The average molecular weight is 248 g/mol. The fraction of sp³-hybridized carbons (Fsp3) is 1.00. The molecule has 0 radical (unpaired) electrons. The molecular weight excluding hydrogens is 226 g/mol. The molecule has 1 rings (SSSR count). The number of halogens is 1. The fourth-order valence-electron chi connectivity index (χ4n) is 2.25. The van der Waals surface area contributed by atoms with Crippen molar-refractivity contribution in [2.45, 2.75) is 45.6 Å². The molecule has 0 aromatic heterocycles. The zero-order chi connectivity index (χ0) is 9.68. The lowest BCUT2D eigenvalue weighted by atomic mass is 10.1. The van der Waals surface area contributed by atoms with Crippen LogP contribution in [0.25, 0.3) is 0 Å². The zero-order valence-corrected chi connectivity index (χ0v) is 10.5. The van der Waals surface area contributed by atoms with Gasteiger partial charge in [-0.05, 0) is 38.6 Å². The first-order valence-corrected chi connectivity index (χ1v) is 6.70. The van der Waals surface area contributed by atoms with Crippen LogP contribution in [0, 0.1) is 5.92 Å². The third-order valence-corrected chi connectivity index (χ3v) is 3.62. The van der Waals surface area contributed by atoms with E-state index in [0.717, 1.165) is 12.0 Å². The maximum atomic E-state index is 3.53. The molecule has 2 unspecified atom stereocenters. The summed E-state index contributed by atoms with van der Waals surface area (Å²) in [5.74, 6) is 0.957. The lowest BCUT2D eigenvalue weighted by molar-refractivity contribution is 0.236. The Hall–Kier alpha value is 0.440. The van der Waals surface area contributed by atoms with Gasteiger partial charge < -0.3 is 4.90 Å². The van der Waals surface area contributed by atoms with Gasteiger partial charge in [0.25, 0.3) is 0 Å². The molecule has 0 amide bonds. The van der Waals surface area contributed by atoms with Crippen LogP contribution >= 0.6 is 15.9 Å². The molecule has 2 atom stereocenters. The summed E-state index contributed by atoms with van der Waals surface area (Å²) in [6.07, 6.45) is 5.46. The van der Waals surface area contributed by atoms with Crippen molar-refractivity contribution >= 4 is 15.9 Å². The first-order valence-electron chi connectivity index (χ1n) is 5.58. The van der Waals surface area contributed by atoms with Crippen LogP contribution in [0.3, 0.4) is 0 Å². The molecule has 1 aliphatic rings. The second-order valence-corrected chi connectivity index (χ2v) is 5.06. The average Bonchev–Trinajstić information content (AvgIpc) is 2.54. The van der Waals surface area contributed by atoms with Crippen LogP contribution in [-0.4, -0.2) is 29.4 Å². The predicted molar refractivity (Wildman–Crippen MR) is 62.5 cm³/mol. The molecule has 1 heterocycles. The van der Waals surface area contributed by atoms with Gasteiger partial charge in [0, 0.05) is 17.9 Å². The normalized spacial score (nSPS) is 26.5. The molecule has 1 fully saturated rings. The molecule has 0 saturated carbocycles. The highest BCUT2D eigenvalue weighted by atomic mass is 79.9. The van der Waals surface area contributed by atoms with Crippen molar-refractivity contribution in [3.8, 4) is 0 Å². The van der Waals surface area contributed by atoms with Crippen LogP contribution in [0.2, 0.25) is 0 Å². The van der Waals surface area contributed by atoms with Gasteiger partial charge in [0.1, 0.15) is 0 Å². The fourth-order valence-corrected chi connectivity index (χ4v) is 2.90. The minimum Gasteiger partial charge on any atom is -0.300 e. The van der Waals surface area contributed by atoms with Crippen molar-refractivity contribution in [1.29, 1.82) is 0 Å². The number of hydrogen-bond acceptors (Lipinski definition) is 1. The summed E-state index contributed by atoms with van der Waals surface area (Å²) in [5.41, 5.74) is 0. The topological polar surface area (TPSA) is 3.24 Å². The van der Waals surface area contributed by atoms with Crippen LogP contribution in [0.1, 0.15) is 39.5 Å². The number of nitrogens with zero attached hydrogens (tertiary/aromatic N) is 1. The summed E-state index contributed by atoms with van der Waals surface area (Å²) in [4.78, 5) is 2.66. The Morgan fingerprint density at radius 1 is 1.54 bits per heavy atom. The number of likely N-dealkylation sites (tertiary alicyclic amines) is 1. The second-order valence-electron chi connectivity index (χ2n) is 4.26. The van der Waals surface area contributed by atoms with Crippen molar-refractivity contribution < 1.29 is 0 Å². The Balaban J connectivity index is 2.23. The second kappa shape index (κ2) is 6.02. The molecular formula is C11H22BrN. The van der Waals surface area contributed by atoms with Crippen LogP contribution in [0.15, 0.2) is 0 Å². The summed E-state index contributed by atoms with van der Waals surface area (Å²) in [5, 5.41) is 1.17. The van der Waals surface area contributed by atoms with Gasteiger partial charge in [-0.15, -0.1) is 0 Å². The highest BCUT2D eigenvalue weighted by Gasteiger charge is 2.24. The highest BCUT2D eigenvalue weighted by Crippen LogP contribution is 2.23. The van der Waals surface area contributed by atoms with E-state index in [1.807, 2.05) is 0 Å². The molecule has 0 aliphatic carbocycles. The molecule has 0 spiro atoms. The third-order valence-electron chi connectivity index (χ3n) is 3.16. The van der Waals surface area contributed by atoms with Gasteiger partial charge >= 0.3 is 0 Å². The summed E-state index contributed by atoms with van der Waals surface area (Å²) in [6, 6.07) is 0.810. The monoisotopic (exact) mass is 247 g/mol. The molecule has 0 aromatic carbocycles. The predicted octanol–water partition coefficient (Wildman–Crippen LogP) is 3.28. The molecule has 0 aromatic rings. The van der Waals surface area contributed by atoms with Gasteiger partial charge in [-0.25, -0.2) is 0 Å². The van der Waals surface area contributed by atoms with Crippen molar-refractivity contribution in [2.24, 2.45) is 5.92 Å². The summed E-state index contributed by atoms with van der Waals surface area (Å²) in [7, 11) is 0. The molecule has 1 aliphatic heterocycles. The Kier molecular flexibility index (Phi) is 5.34. The van der Waals surface area contributed by atoms with E-state index in [1.54, 1.807) is 0 Å². The van der Waals surface area contributed by atoms with Crippen molar-refractivity contribution in [3.63, 3.8) is 0 Å². The van der Waals surface area contributed by atoms with Crippen molar-refractivity contribution in [1.82, 2.24) is 4.90 Å². The molecule has 78 valence electrons. The van der Waals surface area contributed by atoms with Gasteiger partial charge in [-0.1, -0.05) is 29.3 Å². The smallest absolute Gasteiger partial charge is 0.00669 e. The van der Waals surface area contributed by atoms with Crippen LogP contribution < -0.4 is 0 Å². The van der Waals surface area contributed by atoms with Gasteiger partial charge in [-0.3, -0.25) is 0 Å². The maximum Gasteiger partial charge on any atom is 0.00669 e. The lowest BCUT2D eigenvalue weighted by Crippen LogP contribution is -2.30. The van der Waals surface area contributed by atoms with Crippen molar-refractivity contribution in [2.75, 3.05) is 18.4 Å². The van der Waals surface area contributed by atoms with E-state index in [-0.39, 0.29) is 0 Å². The van der Waals surface area contributed by atoms with E-state index in [2.05, 4.69) is 34.7 Å². The highest BCUT2D eigenvalue weighted by molar-refractivity contribution is 9.09. The Morgan fingerprint density at radius 2 is 2.31 bits per heavy atom. The molecule has 0 bridgehead atoms. The standard InChI is InChI=1S/C11H22BrN/c1-3-4-10(2)13-8-6-11(9-13)5-7-12/h10-11H,3-9H2,1-2H3. The Bertz CT molecular complexity index is 138. The lowest BCUT2D eigenvalue weighted by Gasteiger charge is -2.23. The van der Waals surface area contributed by atoms with E-state index in [1.165, 1.54) is 44.1 Å². The summed E-state index contributed by atoms with van der Waals surface area (Å²) >= 11 is 3.53. The third kappa shape index (κ3) is 3.59. The summed E-state index contributed by atoms with van der Waals surface area (Å²) < 4.78 is 0.